The van der Waals surface area contributed by atoms with Crippen molar-refractivity contribution in [3.05, 3.63) is 66.2 Å². The Bertz CT molecular complexity index is 670. The summed E-state index contributed by atoms with van der Waals surface area (Å²) in [5.41, 5.74) is 1.18. The number of sulfonamides is 1. The number of amides is 1. The van der Waals surface area contributed by atoms with Crippen LogP contribution in [0, 0.1) is 0 Å². The van der Waals surface area contributed by atoms with Crippen LogP contribution in [0.5, 0.6) is 0 Å². The molecule has 0 spiro atoms. The van der Waals surface area contributed by atoms with Crippen molar-refractivity contribution in [3.8, 4) is 0 Å². The molecule has 0 heterocycles. The molecule has 0 unspecified atom stereocenters. The first kappa shape index (κ1) is 14.1. The second kappa shape index (κ2) is 6.21. The van der Waals surface area contributed by atoms with E-state index in [9.17, 15) is 13.2 Å². The molecule has 0 atom stereocenters. The maximum absolute atomic E-state index is 11.8. The Morgan fingerprint density at radius 1 is 0.900 bits per heavy atom. The van der Waals surface area contributed by atoms with E-state index >= 15 is 0 Å². The number of carbonyl (C=O) groups is 1. The first-order valence-electron chi connectivity index (χ1n) is 5.97. The maximum Gasteiger partial charge on any atom is 0.357 e. The molecule has 2 aromatic rings. The van der Waals surface area contributed by atoms with Crippen molar-refractivity contribution < 1.29 is 13.2 Å². The van der Waals surface area contributed by atoms with E-state index in [1.54, 1.807) is 42.5 Å². The highest BCUT2D eigenvalue weighted by Gasteiger charge is 2.21. The third-order valence-corrected chi connectivity index (χ3v) is 3.69. The molecule has 2 rings (SSSR count). The molecular formula is C14H14N2O3S. The van der Waals surface area contributed by atoms with Crippen LogP contribution in [0.3, 0.4) is 0 Å². The van der Waals surface area contributed by atoms with E-state index in [0.717, 1.165) is 5.56 Å². The van der Waals surface area contributed by atoms with Crippen LogP contribution in [0.4, 0.5) is 10.5 Å². The molecular weight excluding hydrogens is 276 g/mol. The first-order valence-corrected chi connectivity index (χ1v) is 7.46. The van der Waals surface area contributed by atoms with E-state index in [2.05, 4.69) is 10.0 Å². The van der Waals surface area contributed by atoms with E-state index in [0.29, 0.717) is 5.69 Å². The fourth-order valence-electron chi connectivity index (χ4n) is 1.57. The van der Waals surface area contributed by atoms with Gasteiger partial charge in [-0.15, -0.1) is 0 Å². The largest absolute Gasteiger partial charge is 0.357 e. The van der Waals surface area contributed by atoms with Crippen molar-refractivity contribution in [2.24, 2.45) is 0 Å². The molecule has 0 bridgehead atoms. The van der Waals surface area contributed by atoms with Crippen LogP contribution in [-0.4, -0.2) is 13.7 Å². The predicted molar refractivity (Wildman–Crippen MR) is 77.7 cm³/mol. The monoisotopic (exact) mass is 290 g/mol. The molecule has 2 N–H and O–H groups in total. The molecule has 2 aromatic carbocycles. The second-order valence-electron chi connectivity index (χ2n) is 4.10. The fraction of sp³-hybridized carbons (Fsp3) is 0.0714. The van der Waals surface area contributed by atoms with E-state index < -0.39 is 15.3 Å². The standard InChI is InChI=1S/C14H14N2O3S/c17-14(15-11-12-7-3-1-4-8-12)20(18,19)16-13-9-5-2-6-10-13/h1-10,16H,11H2,(H,15,17). The lowest BCUT2D eigenvalue weighted by atomic mass is 10.2. The zero-order valence-electron chi connectivity index (χ0n) is 10.6. The summed E-state index contributed by atoms with van der Waals surface area (Å²) in [6, 6.07) is 17.3. The third-order valence-electron chi connectivity index (χ3n) is 2.55. The van der Waals surface area contributed by atoms with Crippen molar-refractivity contribution in [2.45, 2.75) is 6.54 Å². The van der Waals surface area contributed by atoms with Gasteiger partial charge in [0, 0.05) is 12.2 Å². The van der Waals surface area contributed by atoms with Crippen LogP contribution in [0.15, 0.2) is 60.7 Å². The van der Waals surface area contributed by atoms with E-state index in [4.69, 9.17) is 0 Å². The number of hydrogen-bond donors (Lipinski definition) is 2. The van der Waals surface area contributed by atoms with E-state index in [-0.39, 0.29) is 6.54 Å². The Hall–Kier alpha value is -2.34. The summed E-state index contributed by atoms with van der Waals surface area (Å²) in [5, 5.41) is 1.32. The van der Waals surface area contributed by atoms with Gasteiger partial charge in [-0.25, -0.2) is 0 Å². The second-order valence-corrected chi connectivity index (χ2v) is 5.68. The number of carbonyl (C=O) groups excluding carboxylic acids is 1. The smallest absolute Gasteiger partial charge is 0.337 e. The fourth-order valence-corrected chi connectivity index (χ4v) is 2.37. The van der Waals surface area contributed by atoms with Crippen LogP contribution >= 0.6 is 0 Å². The number of rotatable bonds is 4. The normalized spacial score (nSPS) is 10.8. The molecule has 0 radical (unpaired) electrons. The summed E-state index contributed by atoms with van der Waals surface area (Å²) >= 11 is 0. The Morgan fingerprint density at radius 2 is 1.45 bits per heavy atom. The van der Waals surface area contributed by atoms with Gasteiger partial charge in [0.1, 0.15) is 0 Å². The molecule has 0 aromatic heterocycles. The van der Waals surface area contributed by atoms with Gasteiger partial charge in [-0.05, 0) is 17.7 Å². The van der Waals surface area contributed by atoms with Crippen LogP contribution < -0.4 is 10.0 Å². The summed E-state index contributed by atoms with van der Waals surface area (Å²) in [7, 11) is -4.08. The van der Waals surface area contributed by atoms with Gasteiger partial charge in [0.15, 0.2) is 0 Å². The number of nitrogens with one attached hydrogen (secondary N) is 2. The Labute approximate surface area is 117 Å². The van der Waals surface area contributed by atoms with Crippen molar-refractivity contribution in [3.63, 3.8) is 0 Å². The summed E-state index contributed by atoms with van der Waals surface area (Å²) < 4.78 is 25.8. The summed E-state index contributed by atoms with van der Waals surface area (Å²) in [4.78, 5) is 11.7. The highest BCUT2D eigenvalue weighted by atomic mass is 32.2. The van der Waals surface area contributed by atoms with Crippen molar-refractivity contribution >= 4 is 20.9 Å². The summed E-state index contributed by atoms with van der Waals surface area (Å²) in [6.07, 6.45) is 0. The highest BCUT2D eigenvalue weighted by Crippen LogP contribution is 2.08. The molecule has 0 saturated carbocycles. The van der Waals surface area contributed by atoms with E-state index in [1.165, 1.54) is 0 Å². The number of para-hydroxylation sites is 1. The zero-order valence-corrected chi connectivity index (χ0v) is 11.4. The van der Waals surface area contributed by atoms with Crippen molar-refractivity contribution in [1.29, 1.82) is 0 Å². The Kier molecular flexibility index (Phi) is 4.37. The van der Waals surface area contributed by atoms with Crippen molar-refractivity contribution in [1.82, 2.24) is 5.32 Å². The summed E-state index contributed by atoms with van der Waals surface area (Å²) in [5.74, 6) is 0. The predicted octanol–water partition coefficient (Wildman–Crippen LogP) is 2.34. The lowest BCUT2D eigenvalue weighted by molar-refractivity contribution is 0.258. The van der Waals surface area contributed by atoms with Gasteiger partial charge in [0.2, 0.25) is 0 Å². The molecule has 6 heteroatoms. The van der Waals surface area contributed by atoms with Crippen LogP contribution in [0.25, 0.3) is 0 Å². The van der Waals surface area contributed by atoms with Crippen LogP contribution in [0.2, 0.25) is 0 Å². The topological polar surface area (TPSA) is 75.3 Å². The van der Waals surface area contributed by atoms with Crippen LogP contribution in [-0.2, 0) is 16.6 Å². The third kappa shape index (κ3) is 3.83. The highest BCUT2D eigenvalue weighted by molar-refractivity contribution is 8.07. The average Bonchev–Trinajstić information content (AvgIpc) is 2.46. The molecule has 1 amide bonds. The molecule has 20 heavy (non-hydrogen) atoms. The minimum atomic E-state index is -4.08. The lowest BCUT2D eigenvalue weighted by Crippen LogP contribution is -2.33. The van der Waals surface area contributed by atoms with Gasteiger partial charge in [0.05, 0.1) is 0 Å². The molecule has 0 saturated heterocycles. The molecule has 5 nitrogen and oxygen atoms in total. The van der Waals surface area contributed by atoms with Gasteiger partial charge in [-0.2, -0.15) is 8.42 Å². The molecule has 104 valence electrons. The SMILES string of the molecule is O=C(NCc1ccccc1)S(=O)(=O)Nc1ccccc1. The number of hydrogen-bond acceptors (Lipinski definition) is 3. The number of anilines is 1. The minimum absolute atomic E-state index is 0.162. The minimum Gasteiger partial charge on any atom is -0.337 e. The molecule has 0 aliphatic carbocycles. The van der Waals surface area contributed by atoms with Gasteiger partial charge in [-0.3, -0.25) is 9.52 Å². The molecule has 0 aliphatic heterocycles. The van der Waals surface area contributed by atoms with Gasteiger partial charge >= 0.3 is 15.3 Å². The number of benzene rings is 2. The van der Waals surface area contributed by atoms with Gasteiger partial charge < -0.3 is 5.32 Å². The zero-order chi connectivity index (χ0) is 14.4. The average molecular weight is 290 g/mol. The van der Waals surface area contributed by atoms with Crippen LogP contribution in [0.1, 0.15) is 5.56 Å². The Morgan fingerprint density at radius 3 is 2.05 bits per heavy atom. The van der Waals surface area contributed by atoms with Crippen molar-refractivity contribution in [2.75, 3.05) is 4.72 Å². The van der Waals surface area contributed by atoms with Gasteiger partial charge in [0.25, 0.3) is 0 Å². The Balaban J connectivity index is 1.97. The summed E-state index contributed by atoms with van der Waals surface area (Å²) in [6.45, 7) is 0.162. The quantitative estimate of drug-likeness (QED) is 0.907. The molecule has 0 aliphatic rings. The maximum atomic E-state index is 11.8. The lowest BCUT2D eigenvalue weighted by Gasteiger charge is -2.08. The van der Waals surface area contributed by atoms with E-state index in [1.807, 2.05) is 18.2 Å². The van der Waals surface area contributed by atoms with Gasteiger partial charge in [-0.1, -0.05) is 48.5 Å². The first-order chi connectivity index (χ1) is 9.58. The molecule has 0 fully saturated rings.